The summed E-state index contributed by atoms with van der Waals surface area (Å²) in [5.41, 5.74) is -0.669. The molecule has 0 saturated carbocycles. The van der Waals surface area contributed by atoms with Crippen molar-refractivity contribution in [2.24, 2.45) is 0 Å². The summed E-state index contributed by atoms with van der Waals surface area (Å²) < 4.78 is 38.6. The van der Waals surface area contributed by atoms with Crippen LogP contribution in [0.1, 0.15) is 31.7 Å². The normalized spacial score (nSPS) is 13.4. The summed E-state index contributed by atoms with van der Waals surface area (Å²) in [5.74, 6) is -0.474. The maximum absolute atomic E-state index is 12.6. The van der Waals surface area contributed by atoms with Crippen LogP contribution in [-0.4, -0.2) is 21.7 Å². The summed E-state index contributed by atoms with van der Waals surface area (Å²) in [6.07, 6.45) is -3.78. The van der Waals surface area contributed by atoms with E-state index in [2.05, 4.69) is 10.4 Å². The first kappa shape index (κ1) is 14.5. The highest BCUT2D eigenvalue weighted by atomic mass is 19.4. The van der Waals surface area contributed by atoms with E-state index in [0.29, 0.717) is 4.68 Å². The Kier molecular flexibility index (Phi) is 4.37. The number of rotatable bonds is 4. The molecule has 102 valence electrons. The summed E-state index contributed by atoms with van der Waals surface area (Å²) >= 11 is 0. The third-order valence-electron chi connectivity index (χ3n) is 2.51. The zero-order valence-electron chi connectivity index (χ0n) is 10.5. The molecule has 0 aliphatic carbocycles. The van der Waals surface area contributed by atoms with E-state index in [0.717, 1.165) is 12.5 Å². The lowest BCUT2D eigenvalue weighted by Crippen LogP contribution is -2.35. The molecular formula is C11H16F3N3O. The fourth-order valence-corrected chi connectivity index (χ4v) is 1.45. The number of carbonyl (C=O) groups is 1. The van der Waals surface area contributed by atoms with Crippen LogP contribution in [-0.2, 0) is 17.5 Å². The number of carbonyl (C=O) groups excluding carboxylic acids is 1. The van der Waals surface area contributed by atoms with Gasteiger partial charge in [-0.15, -0.1) is 0 Å². The number of hydrogen-bond donors (Lipinski definition) is 1. The molecule has 0 spiro atoms. The molecule has 7 heteroatoms. The highest BCUT2D eigenvalue weighted by Gasteiger charge is 2.35. The Hall–Kier alpha value is -1.53. The van der Waals surface area contributed by atoms with E-state index in [9.17, 15) is 18.0 Å². The van der Waals surface area contributed by atoms with Crippen molar-refractivity contribution in [1.29, 1.82) is 0 Å². The van der Waals surface area contributed by atoms with Crippen molar-refractivity contribution in [3.05, 3.63) is 17.5 Å². The van der Waals surface area contributed by atoms with E-state index in [1.165, 1.54) is 6.92 Å². The number of aryl methyl sites for hydroxylation is 1. The zero-order valence-corrected chi connectivity index (χ0v) is 10.5. The minimum absolute atomic E-state index is 0.0662. The van der Waals surface area contributed by atoms with Gasteiger partial charge in [-0.05, 0) is 26.3 Å². The average molecular weight is 263 g/mol. The monoisotopic (exact) mass is 263 g/mol. The predicted octanol–water partition coefficient (Wildman–Crippen LogP) is 2.13. The van der Waals surface area contributed by atoms with E-state index < -0.39 is 24.3 Å². The highest BCUT2D eigenvalue weighted by Crippen LogP contribution is 2.29. The standard InChI is InChI=1S/C11H16F3N3O/c1-4-7(2)15-10(18)6-17-9(11(12,13)14)5-8(3)16-17/h5,7H,4,6H2,1-3H3,(H,15,18). The van der Waals surface area contributed by atoms with Gasteiger partial charge < -0.3 is 5.32 Å². The van der Waals surface area contributed by atoms with Crippen LogP contribution in [0.2, 0.25) is 0 Å². The van der Waals surface area contributed by atoms with Crippen molar-refractivity contribution in [1.82, 2.24) is 15.1 Å². The molecule has 0 fully saturated rings. The lowest BCUT2D eigenvalue weighted by atomic mass is 10.2. The van der Waals surface area contributed by atoms with Gasteiger partial charge in [-0.3, -0.25) is 9.48 Å². The molecule has 0 bridgehead atoms. The van der Waals surface area contributed by atoms with Crippen molar-refractivity contribution in [3.63, 3.8) is 0 Å². The molecule has 1 aromatic heterocycles. The van der Waals surface area contributed by atoms with Crippen molar-refractivity contribution < 1.29 is 18.0 Å². The van der Waals surface area contributed by atoms with Gasteiger partial charge in [0.15, 0.2) is 0 Å². The Morgan fingerprint density at radius 1 is 1.56 bits per heavy atom. The second-order valence-corrected chi connectivity index (χ2v) is 4.20. The molecule has 0 aromatic carbocycles. The van der Waals surface area contributed by atoms with Crippen LogP contribution in [0.25, 0.3) is 0 Å². The Bertz CT molecular complexity index is 426. The smallest absolute Gasteiger partial charge is 0.352 e. The van der Waals surface area contributed by atoms with Gasteiger partial charge in [-0.2, -0.15) is 18.3 Å². The fraction of sp³-hybridized carbons (Fsp3) is 0.636. The summed E-state index contributed by atoms with van der Waals surface area (Å²) in [6.45, 7) is 4.70. The highest BCUT2D eigenvalue weighted by molar-refractivity contribution is 5.76. The molecule has 1 atom stereocenters. The first-order chi connectivity index (χ1) is 8.24. The summed E-state index contributed by atoms with van der Waals surface area (Å²) in [4.78, 5) is 11.5. The second kappa shape index (κ2) is 5.41. The minimum Gasteiger partial charge on any atom is -0.352 e. The van der Waals surface area contributed by atoms with E-state index in [4.69, 9.17) is 0 Å². The Morgan fingerprint density at radius 2 is 2.17 bits per heavy atom. The number of nitrogens with zero attached hydrogens (tertiary/aromatic N) is 2. The molecular weight excluding hydrogens is 247 g/mol. The van der Waals surface area contributed by atoms with Crippen molar-refractivity contribution in [3.8, 4) is 0 Å². The fourth-order valence-electron chi connectivity index (χ4n) is 1.45. The van der Waals surface area contributed by atoms with Crippen LogP contribution in [0.5, 0.6) is 0 Å². The Morgan fingerprint density at radius 3 is 2.67 bits per heavy atom. The van der Waals surface area contributed by atoms with Crippen molar-refractivity contribution in [2.45, 2.75) is 46.0 Å². The minimum atomic E-state index is -4.50. The molecule has 1 N–H and O–H groups in total. The van der Waals surface area contributed by atoms with Gasteiger partial charge in [0.2, 0.25) is 5.91 Å². The van der Waals surface area contributed by atoms with Crippen molar-refractivity contribution >= 4 is 5.91 Å². The first-order valence-corrected chi connectivity index (χ1v) is 5.65. The topological polar surface area (TPSA) is 46.9 Å². The van der Waals surface area contributed by atoms with Gasteiger partial charge in [0.05, 0.1) is 5.69 Å². The zero-order chi connectivity index (χ0) is 13.9. The Balaban J connectivity index is 2.82. The van der Waals surface area contributed by atoms with Crippen LogP contribution < -0.4 is 5.32 Å². The maximum atomic E-state index is 12.6. The van der Waals surface area contributed by atoms with Crippen LogP contribution in [0.3, 0.4) is 0 Å². The summed E-state index contributed by atoms with van der Waals surface area (Å²) in [5, 5.41) is 6.28. The number of alkyl halides is 3. The SMILES string of the molecule is CCC(C)NC(=O)Cn1nc(C)cc1C(F)(F)F. The van der Waals surface area contributed by atoms with Gasteiger partial charge in [-0.25, -0.2) is 0 Å². The number of halogens is 3. The van der Waals surface area contributed by atoms with Gasteiger partial charge in [0.1, 0.15) is 12.2 Å². The molecule has 0 saturated heterocycles. The molecule has 1 unspecified atom stereocenters. The number of amides is 1. The van der Waals surface area contributed by atoms with Crippen molar-refractivity contribution in [2.75, 3.05) is 0 Å². The molecule has 18 heavy (non-hydrogen) atoms. The predicted molar refractivity (Wildman–Crippen MR) is 59.9 cm³/mol. The molecule has 0 radical (unpaired) electrons. The first-order valence-electron chi connectivity index (χ1n) is 5.65. The van der Waals surface area contributed by atoms with Gasteiger partial charge in [0.25, 0.3) is 0 Å². The number of hydrogen-bond acceptors (Lipinski definition) is 2. The molecule has 1 rings (SSSR count). The van der Waals surface area contributed by atoms with Crippen LogP contribution in [0.15, 0.2) is 6.07 Å². The van der Waals surface area contributed by atoms with Gasteiger partial charge in [-0.1, -0.05) is 6.92 Å². The molecule has 1 heterocycles. The molecule has 0 aliphatic rings. The third kappa shape index (κ3) is 3.75. The third-order valence-corrected chi connectivity index (χ3v) is 2.51. The lowest BCUT2D eigenvalue weighted by Gasteiger charge is -2.13. The quantitative estimate of drug-likeness (QED) is 0.904. The van der Waals surface area contributed by atoms with Crippen LogP contribution in [0.4, 0.5) is 13.2 Å². The molecule has 0 aliphatic heterocycles. The molecule has 1 aromatic rings. The number of aromatic nitrogens is 2. The van der Waals surface area contributed by atoms with E-state index in [1.807, 2.05) is 6.92 Å². The van der Waals surface area contributed by atoms with Crippen LogP contribution in [0, 0.1) is 6.92 Å². The average Bonchev–Trinajstić information content (AvgIpc) is 2.58. The largest absolute Gasteiger partial charge is 0.433 e. The van der Waals surface area contributed by atoms with Crippen LogP contribution >= 0.6 is 0 Å². The molecule has 1 amide bonds. The molecule has 4 nitrogen and oxygen atoms in total. The van der Waals surface area contributed by atoms with Gasteiger partial charge in [0, 0.05) is 6.04 Å². The second-order valence-electron chi connectivity index (χ2n) is 4.20. The van der Waals surface area contributed by atoms with Gasteiger partial charge >= 0.3 is 6.18 Å². The summed E-state index contributed by atoms with van der Waals surface area (Å²) in [7, 11) is 0. The Labute approximate surface area is 103 Å². The van der Waals surface area contributed by atoms with E-state index in [1.54, 1.807) is 6.92 Å². The van der Waals surface area contributed by atoms with E-state index in [-0.39, 0.29) is 11.7 Å². The maximum Gasteiger partial charge on any atom is 0.433 e. The van der Waals surface area contributed by atoms with E-state index >= 15 is 0 Å². The summed E-state index contributed by atoms with van der Waals surface area (Å²) in [6, 6.07) is 0.861. The lowest BCUT2D eigenvalue weighted by molar-refractivity contribution is -0.144. The number of nitrogens with one attached hydrogen (secondary N) is 1.